The lowest BCUT2D eigenvalue weighted by Crippen LogP contribution is -2.49. The van der Waals surface area contributed by atoms with Crippen LogP contribution in [0.2, 0.25) is 0 Å². The molecule has 1 aliphatic heterocycles. The van der Waals surface area contributed by atoms with Gasteiger partial charge >= 0.3 is 0 Å². The second-order valence-electron chi connectivity index (χ2n) is 7.25. The highest BCUT2D eigenvalue weighted by molar-refractivity contribution is 5.03. The van der Waals surface area contributed by atoms with Crippen molar-refractivity contribution < 1.29 is 4.74 Å². The Kier molecular flexibility index (Phi) is 2.41. The van der Waals surface area contributed by atoms with Crippen LogP contribution in [0.1, 0.15) is 59.3 Å². The molecule has 0 aromatic heterocycles. The Labute approximate surface area is 99.9 Å². The summed E-state index contributed by atoms with van der Waals surface area (Å²) in [5.74, 6) is 2.80. The molecule has 0 N–H and O–H groups in total. The number of rotatable bonds is 0. The predicted octanol–water partition coefficient (Wildman–Crippen LogP) is 4.02. The van der Waals surface area contributed by atoms with Gasteiger partial charge in [-0.05, 0) is 62.2 Å². The summed E-state index contributed by atoms with van der Waals surface area (Å²) in [5, 5.41) is 0. The molecule has 2 aliphatic carbocycles. The van der Waals surface area contributed by atoms with Gasteiger partial charge in [-0.1, -0.05) is 20.3 Å². The summed E-state index contributed by atoms with van der Waals surface area (Å²) >= 11 is 0. The van der Waals surface area contributed by atoms with Gasteiger partial charge in [-0.15, -0.1) is 0 Å². The maximum atomic E-state index is 6.06. The highest BCUT2D eigenvalue weighted by Crippen LogP contribution is 2.58. The summed E-state index contributed by atoms with van der Waals surface area (Å²) in [5.41, 5.74) is 0.835. The van der Waals surface area contributed by atoms with Gasteiger partial charge in [0, 0.05) is 6.61 Å². The number of hydrogen-bond acceptors (Lipinski definition) is 1. The molecule has 0 bridgehead atoms. The number of ether oxygens (including phenoxy) is 1. The van der Waals surface area contributed by atoms with Crippen LogP contribution in [0.3, 0.4) is 0 Å². The average Bonchev–Trinajstić information content (AvgIpc) is 2.59. The number of fused-ring (bicyclic) bond motifs is 3. The smallest absolute Gasteiger partial charge is 0.0686 e. The Hall–Kier alpha value is -0.0400. The van der Waals surface area contributed by atoms with Crippen molar-refractivity contribution in [2.75, 3.05) is 6.61 Å². The van der Waals surface area contributed by atoms with E-state index in [0.29, 0.717) is 5.41 Å². The van der Waals surface area contributed by atoms with Gasteiger partial charge < -0.3 is 4.74 Å². The van der Waals surface area contributed by atoms with Crippen molar-refractivity contribution >= 4 is 0 Å². The molecule has 1 saturated heterocycles. The second-order valence-corrected chi connectivity index (χ2v) is 7.25. The molecule has 0 amide bonds. The van der Waals surface area contributed by atoms with E-state index in [0.717, 1.165) is 24.4 Å². The van der Waals surface area contributed by atoms with E-state index in [-0.39, 0.29) is 5.60 Å². The summed E-state index contributed by atoms with van der Waals surface area (Å²) in [4.78, 5) is 0. The van der Waals surface area contributed by atoms with Gasteiger partial charge in [-0.25, -0.2) is 0 Å². The standard InChI is InChI=1S/C15H26O/c1-14(2)8-4-5-11-12(14)6-9-15(3)13(11)7-10-16-15/h11-13H,4-10H2,1-3H3/t11?,12?,13-,15-/m1/s1. The van der Waals surface area contributed by atoms with Gasteiger partial charge in [-0.3, -0.25) is 0 Å². The van der Waals surface area contributed by atoms with E-state index in [1.807, 2.05) is 0 Å². The van der Waals surface area contributed by atoms with E-state index in [1.165, 1.54) is 38.5 Å². The highest BCUT2D eigenvalue weighted by Gasteiger charge is 2.54. The minimum absolute atomic E-state index is 0.245. The van der Waals surface area contributed by atoms with Crippen molar-refractivity contribution in [2.45, 2.75) is 64.9 Å². The van der Waals surface area contributed by atoms with Crippen molar-refractivity contribution in [3.63, 3.8) is 0 Å². The molecule has 2 unspecified atom stereocenters. The molecular formula is C15H26O. The van der Waals surface area contributed by atoms with Crippen molar-refractivity contribution in [1.29, 1.82) is 0 Å². The minimum atomic E-state index is 0.245. The third-order valence-electron chi connectivity index (χ3n) is 5.99. The average molecular weight is 222 g/mol. The van der Waals surface area contributed by atoms with Crippen molar-refractivity contribution in [3.8, 4) is 0 Å². The van der Waals surface area contributed by atoms with E-state index in [9.17, 15) is 0 Å². The Balaban J connectivity index is 1.88. The zero-order chi connectivity index (χ0) is 11.4. The molecule has 0 radical (unpaired) electrons. The Morgan fingerprint density at radius 3 is 2.56 bits per heavy atom. The minimum Gasteiger partial charge on any atom is -0.375 e. The number of hydrogen-bond donors (Lipinski definition) is 0. The van der Waals surface area contributed by atoms with Crippen molar-refractivity contribution in [2.24, 2.45) is 23.2 Å². The zero-order valence-corrected chi connectivity index (χ0v) is 11.1. The van der Waals surface area contributed by atoms with E-state index >= 15 is 0 Å². The first-order chi connectivity index (χ1) is 7.53. The van der Waals surface area contributed by atoms with Crippen LogP contribution in [0, 0.1) is 23.2 Å². The van der Waals surface area contributed by atoms with Crippen LogP contribution in [-0.4, -0.2) is 12.2 Å². The van der Waals surface area contributed by atoms with Gasteiger partial charge in [0.15, 0.2) is 0 Å². The quantitative estimate of drug-likeness (QED) is 0.601. The van der Waals surface area contributed by atoms with E-state index in [2.05, 4.69) is 20.8 Å². The molecule has 4 atom stereocenters. The fourth-order valence-electron chi connectivity index (χ4n) is 5.04. The van der Waals surface area contributed by atoms with Gasteiger partial charge in [0.2, 0.25) is 0 Å². The molecule has 3 rings (SSSR count). The first kappa shape index (κ1) is 11.1. The Morgan fingerprint density at radius 1 is 0.938 bits per heavy atom. The van der Waals surface area contributed by atoms with Crippen LogP contribution in [0.15, 0.2) is 0 Å². The summed E-state index contributed by atoms with van der Waals surface area (Å²) in [6.07, 6.45) is 8.40. The SMILES string of the molecule is CC1(C)CCCC2C1CC[C@@]1(C)OCC[C@H]21. The Bertz CT molecular complexity index is 281. The monoisotopic (exact) mass is 222 g/mol. The third kappa shape index (κ3) is 1.47. The first-order valence-corrected chi connectivity index (χ1v) is 7.17. The van der Waals surface area contributed by atoms with E-state index < -0.39 is 0 Å². The summed E-state index contributed by atoms with van der Waals surface area (Å²) in [6, 6.07) is 0. The molecule has 1 heterocycles. The maximum Gasteiger partial charge on any atom is 0.0686 e. The van der Waals surface area contributed by atoms with Gasteiger partial charge in [-0.2, -0.15) is 0 Å². The van der Waals surface area contributed by atoms with Crippen molar-refractivity contribution in [3.05, 3.63) is 0 Å². The molecule has 1 nitrogen and oxygen atoms in total. The lowest BCUT2D eigenvalue weighted by Gasteiger charge is -2.53. The third-order valence-corrected chi connectivity index (χ3v) is 5.99. The zero-order valence-electron chi connectivity index (χ0n) is 11.1. The normalized spacial score (nSPS) is 50.8. The summed E-state index contributed by atoms with van der Waals surface area (Å²) < 4.78 is 6.06. The van der Waals surface area contributed by atoms with Crippen LogP contribution in [0.5, 0.6) is 0 Å². The second kappa shape index (κ2) is 3.48. The molecule has 0 aromatic carbocycles. The van der Waals surface area contributed by atoms with E-state index in [1.54, 1.807) is 0 Å². The molecule has 1 heteroatoms. The molecule has 92 valence electrons. The molecule has 0 aromatic rings. The molecule has 16 heavy (non-hydrogen) atoms. The van der Waals surface area contributed by atoms with Gasteiger partial charge in [0.05, 0.1) is 5.60 Å². The van der Waals surface area contributed by atoms with E-state index in [4.69, 9.17) is 4.74 Å². The summed E-state index contributed by atoms with van der Waals surface area (Å²) in [6.45, 7) is 8.40. The maximum absolute atomic E-state index is 6.06. The van der Waals surface area contributed by atoms with Crippen molar-refractivity contribution in [1.82, 2.24) is 0 Å². The van der Waals surface area contributed by atoms with Crippen LogP contribution in [0.25, 0.3) is 0 Å². The molecular weight excluding hydrogens is 196 g/mol. The van der Waals surface area contributed by atoms with Crippen LogP contribution >= 0.6 is 0 Å². The first-order valence-electron chi connectivity index (χ1n) is 7.17. The molecule has 0 spiro atoms. The van der Waals surface area contributed by atoms with Gasteiger partial charge in [0.25, 0.3) is 0 Å². The van der Waals surface area contributed by atoms with Crippen LogP contribution < -0.4 is 0 Å². The lowest BCUT2D eigenvalue weighted by atomic mass is 9.53. The highest BCUT2D eigenvalue weighted by atomic mass is 16.5. The predicted molar refractivity (Wildman–Crippen MR) is 66.3 cm³/mol. The fraction of sp³-hybridized carbons (Fsp3) is 1.00. The summed E-state index contributed by atoms with van der Waals surface area (Å²) in [7, 11) is 0. The van der Waals surface area contributed by atoms with Crippen LogP contribution in [-0.2, 0) is 4.74 Å². The van der Waals surface area contributed by atoms with Gasteiger partial charge in [0.1, 0.15) is 0 Å². The Morgan fingerprint density at radius 2 is 1.75 bits per heavy atom. The molecule has 3 fully saturated rings. The topological polar surface area (TPSA) is 9.23 Å². The largest absolute Gasteiger partial charge is 0.375 e. The lowest BCUT2D eigenvalue weighted by molar-refractivity contribution is -0.100. The molecule has 3 aliphatic rings. The fourth-order valence-corrected chi connectivity index (χ4v) is 5.04. The molecule has 2 saturated carbocycles. The van der Waals surface area contributed by atoms with Crippen LogP contribution in [0.4, 0.5) is 0 Å².